The highest BCUT2D eigenvalue weighted by Crippen LogP contribution is 2.29. The van der Waals surface area contributed by atoms with Gasteiger partial charge in [-0.3, -0.25) is 4.79 Å². The Bertz CT molecular complexity index is 888. The van der Waals surface area contributed by atoms with Gasteiger partial charge in [0.05, 0.1) is 5.69 Å². The molecule has 0 aliphatic carbocycles. The Morgan fingerprint density at radius 1 is 1.10 bits per heavy atom. The summed E-state index contributed by atoms with van der Waals surface area (Å²) in [6.07, 6.45) is 0. The molecule has 1 amide bonds. The Labute approximate surface area is 190 Å². The molecule has 0 bridgehead atoms. The number of thioether (sulfide) groups is 1. The largest absolute Gasteiger partial charge is 0.354 e. The van der Waals surface area contributed by atoms with E-state index in [-0.39, 0.29) is 11.3 Å². The van der Waals surface area contributed by atoms with Gasteiger partial charge in [-0.05, 0) is 31.2 Å². The summed E-state index contributed by atoms with van der Waals surface area (Å²) in [6, 6.07) is 9.95. The number of aromatic nitrogens is 2. The second kappa shape index (κ2) is 10.5. The number of hydrogen-bond donors (Lipinski definition) is 1. The number of hydrogen-bond acceptors (Lipinski definition) is 6. The Hall–Kier alpha value is -2.12. The van der Waals surface area contributed by atoms with E-state index >= 15 is 0 Å². The minimum Gasteiger partial charge on any atom is -0.354 e. The average Bonchev–Trinajstić information content (AvgIpc) is 2.77. The summed E-state index contributed by atoms with van der Waals surface area (Å²) >= 11 is 1.63. The first-order valence-corrected chi connectivity index (χ1v) is 12.2. The number of benzene rings is 1. The molecule has 31 heavy (non-hydrogen) atoms. The third-order valence-electron chi connectivity index (χ3n) is 5.50. The molecule has 3 rings (SSSR count). The number of carbonyl (C=O) groups is 1. The molecule has 1 aromatic carbocycles. The van der Waals surface area contributed by atoms with Gasteiger partial charge in [0, 0.05) is 55.5 Å². The topological polar surface area (TPSA) is 61.4 Å². The van der Waals surface area contributed by atoms with Crippen molar-refractivity contribution in [3.05, 3.63) is 47.2 Å². The molecule has 1 aromatic heterocycles. The van der Waals surface area contributed by atoms with Gasteiger partial charge in [0.1, 0.15) is 5.82 Å². The van der Waals surface area contributed by atoms with E-state index in [0.717, 1.165) is 60.7 Å². The van der Waals surface area contributed by atoms with Crippen LogP contribution in [0.1, 0.15) is 56.2 Å². The van der Waals surface area contributed by atoms with E-state index in [1.807, 2.05) is 31.2 Å². The van der Waals surface area contributed by atoms with Crippen LogP contribution < -0.4 is 10.2 Å². The van der Waals surface area contributed by atoms with Gasteiger partial charge in [0.2, 0.25) is 0 Å². The van der Waals surface area contributed by atoms with Crippen molar-refractivity contribution in [2.75, 3.05) is 44.2 Å². The highest BCUT2D eigenvalue weighted by molar-refractivity contribution is 7.98. The maximum absolute atomic E-state index is 12.1. The highest BCUT2D eigenvalue weighted by atomic mass is 32.2. The summed E-state index contributed by atoms with van der Waals surface area (Å²) in [5, 5.41) is 3.65. The van der Waals surface area contributed by atoms with E-state index in [1.165, 1.54) is 0 Å². The van der Waals surface area contributed by atoms with Crippen molar-refractivity contribution in [3.8, 4) is 0 Å². The number of amides is 1. The molecule has 1 fully saturated rings. The van der Waals surface area contributed by atoms with Crippen LogP contribution in [0.5, 0.6) is 0 Å². The van der Waals surface area contributed by atoms with Gasteiger partial charge < -0.3 is 15.1 Å². The van der Waals surface area contributed by atoms with Crippen LogP contribution in [0.15, 0.2) is 35.5 Å². The number of likely N-dealkylation sites (N-methyl/N-ethyl adjacent to an activating group) is 1. The van der Waals surface area contributed by atoms with Gasteiger partial charge in [-0.1, -0.05) is 51.6 Å². The quantitative estimate of drug-likeness (QED) is 0.518. The van der Waals surface area contributed by atoms with Crippen LogP contribution >= 0.6 is 11.8 Å². The third kappa shape index (κ3) is 6.43. The van der Waals surface area contributed by atoms with Crippen LogP contribution in [0, 0.1) is 0 Å². The van der Waals surface area contributed by atoms with E-state index in [4.69, 9.17) is 9.97 Å². The molecule has 7 heteroatoms. The van der Waals surface area contributed by atoms with Crippen molar-refractivity contribution < 1.29 is 4.79 Å². The van der Waals surface area contributed by atoms with Gasteiger partial charge in [-0.25, -0.2) is 9.97 Å². The van der Waals surface area contributed by atoms with Crippen LogP contribution in [0.3, 0.4) is 0 Å². The maximum atomic E-state index is 12.1. The van der Waals surface area contributed by atoms with Crippen molar-refractivity contribution in [2.24, 2.45) is 0 Å². The fourth-order valence-corrected chi connectivity index (χ4v) is 4.33. The van der Waals surface area contributed by atoms with Crippen LogP contribution in [-0.2, 0) is 11.2 Å². The lowest BCUT2D eigenvalue weighted by Gasteiger charge is -2.35. The Kier molecular flexibility index (Phi) is 7.94. The molecule has 168 valence electrons. The molecule has 0 saturated carbocycles. The smallest absolute Gasteiger partial charge is 0.251 e. The summed E-state index contributed by atoms with van der Waals surface area (Å²) in [4.78, 5) is 26.8. The molecule has 1 aliphatic rings. The summed E-state index contributed by atoms with van der Waals surface area (Å²) in [7, 11) is 0. The Morgan fingerprint density at radius 2 is 1.84 bits per heavy atom. The lowest BCUT2D eigenvalue weighted by atomic mass is 9.92. The lowest BCUT2D eigenvalue weighted by Crippen LogP contribution is -2.46. The number of piperazine rings is 1. The molecular weight excluding hydrogens is 406 g/mol. The summed E-state index contributed by atoms with van der Waals surface area (Å²) in [5.74, 6) is 1.72. The molecule has 0 spiro atoms. The predicted octanol–water partition coefficient (Wildman–Crippen LogP) is 3.96. The predicted molar refractivity (Wildman–Crippen MR) is 129 cm³/mol. The van der Waals surface area contributed by atoms with Crippen molar-refractivity contribution in [1.82, 2.24) is 20.2 Å². The zero-order valence-electron chi connectivity index (χ0n) is 19.4. The number of rotatable bonds is 7. The highest BCUT2D eigenvalue weighted by Gasteiger charge is 2.22. The first kappa shape index (κ1) is 23.5. The number of nitrogens with one attached hydrogen (secondary N) is 1. The van der Waals surface area contributed by atoms with Gasteiger partial charge >= 0.3 is 0 Å². The van der Waals surface area contributed by atoms with Crippen LogP contribution in [0.4, 0.5) is 5.82 Å². The summed E-state index contributed by atoms with van der Waals surface area (Å²) in [6.45, 7) is 16.6. The third-order valence-corrected chi connectivity index (χ3v) is 6.42. The van der Waals surface area contributed by atoms with Gasteiger partial charge in [-0.2, -0.15) is 0 Å². The number of nitrogens with zero attached hydrogens (tertiary/aromatic N) is 4. The maximum Gasteiger partial charge on any atom is 0.251 e. The lowest BCUT2D eigenvalue weighted by molar-refractivity contribution is 0.0955. The fourth-order valence-electron chi connectivity index (χ4n) is 3.53. The Morgan fingerprint density at radius 3 is 2.48 bits per heavy atom. The van der Waals surface area contributed by atoms with E-state index in [0.29, 0.717) is 12.1 Å². The van der Waals surface area contributed by atoms with Gasteiger partial charge in [-0.15, -0.1) is 0 Å². The van der Waals surface area contributed by atoms with Crippen LogP contribution in [-0.4, -0.2) is 60.0 Å². The molecule has 0 unspecified atom stereocenters. The van der Waals surface area contributed by atoms with Crippen molar-refractivity contribution >= 4 is 23.5 Å². The van der Waals surface area contributed by atoms with Crippen molar-refractivity contribution in [1.29, 1.82) is 0 Å². The van der Waals surface area contributed by atoms with Gasteiger partial charge in [0.15, 0.2) is 5.16 Å². The standard InChI is InChI=1S/C24H35N5OS/c1-6-25-22(30)19-10-8-9-18(15-19)17-31-23-26-20(24(3,4)5)16-21(27-23)29-13-11-28(7-2)12-14-29/h8-10,15-16H,6-7,11-14,17H2,1-5H3,(H,25,30). The molecule has 2 heterocycles. The Balaban J connectivity index is 1.78. The minimum atomic E-state index is -0.0452. The molecule has 0 atom stereocenters. The fraction of sp³-hybridized carbons (Fsp3) is 0.542. The zero-order chi connectivity index (χ0) is 22.4. The second-order valence-corrected chi connectivity index (χ2v) is 9.86. The minimum absolute atomic E-state index is 0.0335. The monoisotopic (exact) mass is 441 g/mol. The van der Waals surface area contributed by atoms with Crippen LogP contribution in [0.2, 0.25) is 0 Å². The molecular formula is C24H35N5OS. The van der Waals surface area contributed by atoms with E-state index in [1.54, 1.807) is 11.8 Å². The molecule has 0 radical (unpaired) electrons. The molecule has 2 aromatic rings. The first-order valence-electron chi connectivity index (χ1n) is 11.2. The van der Waals surface area contributed by atoms with Crippen molar-refractivity contribution in [2.45, 2.75) is 50.9 Å². The zero-order valence-corrected chi connectivity index (χ0v) is 20.3. The molecule has 1 aliphatic heterocycles. The molecule has 1 saturated heterocycles. The molecule has 6 nitrogen and oxygen atoms in total. The van der Waals surface area contributed by atoms with Crippen molar-refractivity contribution in [3.63, 3.8) is 0 Å². The SMILES string of the molecule is CCNC(=O)c1cccc(CSc2nc(N3CCN(CC)CC3)cc(C(C)(C)C)n2)c1. The van der Waals surface area contributed by atoms with E-state index < -0.39 is 0 Å². The number of carbonyl (C=O) groups excluding carboxylic acids is 1. The summed E-state index contributed by atoms with van der Waals surface area (Å²) in [5.41, 5.74) is 2.81. The van der Waals surface area contributed by atoms with Gasteiger partial charge in [0.25, 0.3) is 5.91 Å². The van der Waals surface area contributed by atoms with Crippen LogP contribution in [0.25, 0.3) is 0 Å². The van der Waals surface area contributed by atoms with E-state index in [9.17, 15) is 4.79 Å². The summed E-state index contributed by atoms with van der Waals surface area (Å²) < 4.78 is 0. The number of anilines is 1. The second-order valence-electron chi connectivity index (χ2n) is 8.91. The normalized spacial score (nSPS) is 15.2. The molecule has 1 N–H and O–H groups in total. The first-order chi connectivity index (χ1) is 14.8. The van der Waals surface area contributed by atoms with E-state index in [2.05, 4.69) is 48.9 Å². The average molecular weight is 442 g/mol.